The van der Waals surface area contributed by atoms with Crippen LogP contribution in [0.25, 0.3) is 0 Å². The number of halogens is 1. The fourth-order valence-corrected chi connectivity index (χ4v) is 2.88. The van der Waals surface area contributed by atoms with Crippen LogP contribution in [-0.4, -0.2) is 40.4 Å². The summed E-state index contributed by atoms with van der Waals surface area (Å²) >= 11 is 5.38. The van der Waals surface area contributed by atoms with Crippen LogP contribution < -0.4 is 0 Å². The summed E-state index contributed by atoms with van der Waals surface area (Å²) in [5.41, 5.74) is 0. The summed E-state index contributed by atoms with van der Waals surface area (Å²) in [6, 6.07) is 0. The van der Waals surface area contributed by atoms with Gasteiger partial charge in [-0.25, -0.2) is 0 Å². The molecule has 30 heavy (non-hydrogen) atoms. The van der Waals surface area contributed by atoms with Gasteiger partial charge in [0.2, 0.25) is 0 Å². The van der Waals surface area contributed by atoms with Crippen LogP contribution in [0.4, 0.5) is 0 Å². The van der Waals surface area contributed by atoms with Gasteiger partial charge in [0, 0.05) is 12.3 Å². The molecule has 0 atom stereocenters. The Kier molecular flexibility index (Phi) is 40.7. The summed E-state index contributed by atoms with van der Waals surface area (Å²) in [7, 11) is 0. The van der Waals surface area contributed by atoms with Crippen molar-refractivity contribution in [2.75, 3.05) is 19.1 Å². The Balaban J connectivity index is -0.000000600. The number of hydrogen-bond donors (Lipinski definition) is 3. The number of carbonyl (C=O) groups is 1. The van der Waals surface area contributed by atoms with Gasteiger partial charge in [-0.3, -0.25) is 4.79 Å². The molecule has 0 bridgehead atoms. The van der Waals surface area contributed by atoms with Crippen molar-refractivity contribution in [1.29, 1.82) is 0 Å². The Bertz CT molecular complexity index is 316. The smallest absolute Gasteiger partial charge is 0.303 e. The first kappa shape index (κ1) is 34.0. The molecule has 0 fully saturated rings. The summed E-state index contributed by atoms with van der Waals surface area (Å²) in [5.74, 6) is 0.163. The predicted octanol–water partition coefficient (Wildman–Crippen LogP) is 7.49. The molecule has 0 saturated carbocycles. The Hall–Kier alpha value is -0.580. The monoisotopic (exact) mass is 450 g/mol. The lowest BCUT2D eigenvalue weighted by atomic mass is 10.1. The van der Waals surface area contributed by atoms with E-state index in [0.717, 1.165) is 18.7 Å². The average Bonchev–Trinajstić information content (AvgIpc) is 2.75. The molecule has 0 aliphatic rings. The van der Waals surface area contributed by atoms with Crippen molar-refractivity contribution >= 4 is 17.6 Å². The van der Waals surface area contributed by atoms with Crippen LogP contribution in [0.5, 0.6) is 0 Å². The third-order valence-corrected chi connectivity index (χ3v) is 4.76. The minimum Gasteiger partial charge on any atom is -0.481 e. The molecular weight excluding hydrogens is 400 g/mol. The van der Waals surface area contributed by atoms with Crippen LogP contribution in [0.1, 0.15) is 123 Å². The van der Waals surface area contributed by atoms with Crippen molar-refractivity contribution in [1.82, 2.24) is 0 Å². The van der Waals surface area contributed by atoms with Gasteiger partial charge < -0.3 is 15.3 Å². The topological polar surface area (TPSA) is 77.8 Å². The van der Waals surface area contributed by atoms with Crippen LogP contribution in [0.2, 0.25) is 0 Å². The molecule has 182 valence electrons. The molecule has 0 amide bonds. The molecule has 5 heteroatoms. The molecule has 0 radical (unpaired) electrons. The standard InChI is InChI=1S/C18H34O2.C5H11Cl.C2H6O2/c1-2-3-4-5-6-7-8-9-10-11-12-13-14-15-16-17-18(19)20;1-2-3-4-5-6;3-1-2-4/h9-10H,2-8,11-17H2,1H3,(H,19,20);2-5H2,1H3;3-4H,1-2H2/b10-9-;;. The van der Waals surface area contributed by atoms with E-state index in [1.165, 1.54) is 89.9 Å². The first-order valence-corrected chi connectivity index (χ1v) is 12.8. The highest BCUT2D eigenvalue weighted by molar-refractivity contribution is 6.17. The molecule has 0 aromatic carbocycles. The number of alkyl halides is 1. The molecule has 0 aromatic heterocycles. The van der Waals surface area contributed by atoms with Crippen molar-refractivity contribution in [2.45, 2.75) is 123 Å². The summed E-state index contributed by atoms with van der Waals surface area (Å²) in [6.07, 6.45) is 25.0. The van der Waals surface area contributed by atoms with Crippen molar-refractivity contribution in [2.24, 2.45) is 0 Å². The van der Waals surface area contributed by atoms with Gasteiger partial charge in [-0.05, 0) is 38.5 Å². The van der Waals surface area contributed by atoms with Crippen molar-refractivity contribution in [3.05, 3.63) is 12.2 Å². The predicted molar refractivity (Wildman–Crippen MR) is 132 cm³/mol. The maximum Gasteiger partial charge on any atom is 0.303 e. The van der Waals surface area contributed by atoms with Gasteiger partial charge in [0.15, 0.2) is 0 Å². The molecule has 0 saturated heterocycles. The van der Waals surface area contributed by atoms with E-state index < -0.39 is 5.97 Å². The lowest BCUT2D eigenvalue weighted by Crippen LogP contribution is -1.93. The highest BCUT2D eigenvalue weighted by atomic mass is 35.5. The molecule has 0 unspecified atom stereocenters. The molecule has 3 N–H and O–H groups in total. The normalized spacial score (nSPS) is 10.3. The second-order valence-corrected chi connectivity index (χ2v) is 7.95. The van der Waals surface area contributed by atoms with Gasteiger partial charge in [0.25, 0.3) is 0 Å². The third kappa shape index (κ3) is 45.9. The second kappa shape index (κ2) is 35.8. The number of aliphatic hydroxyl groups excluding tert-OH is 2. The maximum atomic E-state index is 10.3. The molecule has 0 rings (SSSR count). The first-order valence-electron chi connectivity index (χ1n) is 12.2. The number of carboxylic acids is 1. The molecule has 4 nitrogen and oxygen atoms in total. The molecule has 0 aromatic rings. The minimum atomic E-state index is -0.664. The number of aliphatic hydroxyl groups is 2. The fraction of sp³-hybridized carbons (Fsp3) is 0.880. The zero-order chi connectivity index (χ0) is 23.1. The van der Waals surface area contributed by atoms with E-state index >= 15 is 0 Å². The van der Waals surface area contributed by atoms with Crippen molar-refractivity contribution < 1.29 is 20.1 Å². The summed E-state index contributed by atoms with van der Waals surface area (Å²) in [6.45, 7) is 4.18. The van der Waals surface area contributed by atoms with E-state index in [2.05, 4.69) is 26.0 Å². The maximum absolute atomic E-state index is 10.3. The van der Waals surface area contributed by atoms with Crippen LogP contribution in [0.3, 0.4) is 0 Å². The highest BCUT2D eigenvalue weighted by Gasteiger charge is 1.95. The Morgan fingerprint density at radius 1 is 0.667 bits per heavy atom. The second-order valence-electron chi connectivity index (χ2n) is 7.57. The minimum absolute atomic E-state index is 0.125. The molecule has 0 spiro atoms. The summed E-state index contributed by atoms with van der Waals surface area (Å²) < 4.78 is 0. The van der Waals surface area contributed by atoms with Gasteiger partial charge in [0.05, 0.1) is 13.2 Å². The van der Waals surface area contributed by atoms with E-state index in [1.54, 1.807) is 0 Å². The van der Waals surface area contributed by atoms with Crippen LogP contribution in [0.15, 0.2) is 12.2 Å². The molecule has 0 aliphatic heterocycles. The lowest BCUT2D eigenvalue weighted by molar-refractivity contribution is -0.137. The highest BCUT2D eigenvalue weighted by Crippen LogP contribution is 2.09. The summed E-state index contributed by atoms with van der Waals surface area (Å²) in [4.78, 5) is 10.3. The SMILES string of the molecule is CCCCCCCC/C=C\CCCCCCCC(=O)O.CCCCCCl.OCCO. The average molecular weight is 451 g/mol. The Labute approximate surface area is 192 Å². The molecule has 0 heterocycles. The van der Waals surface area contributed by atoms with Crippen LogP contribution >= 0.6 is 11.6 Å². The van der Waals surface area contributed by atoms with Gasteiger partial charge in [-0.15, -0.1) is 11.6 Å². The molecular formula is C25H51ClO4. The Morgan fingerprint density at radius 2 is 1.07 bits per heavy atom. The fourth-order valence-electron chi connectivity index (χ4n) is 2.69. The lowest BCUT2D eigenvalue weighted by Gasteiger charge is -1.99. The van der Waals surface area contributed by atoms with Crippen LogP contribution in [-0.2, 0) is 4.79 Å². The van der Waals surface area contributed by atoms with Gasteiger partial charge in [-0.1, -0.05) is 90.2 Å². The molecule has 0 aliphatic carbocycles. The number of unbranched alkanes of at least 4 members (excludes halogenated alkanes) is 13. The number of aliphatic carboxylic acids is 1. The zero-order valence-electron chi connectivity index (χ0n) is 19.9. The van der Waals surface area contributed by atoms with Gasteiger partial charge >= 0.3 is 5.97 Å². The number of allylic oxidation sites excluding steroid dienone is 2. The Morgan fingerprint density at radius 3 is 1.43 bits per heavy atom. The third-order valence-electron chi connectivity index (χ3n) is 4.49. The van der Waals surface area contributed by atoms with E-state index in [1.807, 2.05) is 0 Å². The largest absolute Gasteiger partial charge is 0.481 e. The number of carboxylic acid groups (broad SMARTS) is 1. The van der Waals surface area contributed by atoms with Gasteiger partial charge in [-0.2, -0.15) is 0 Å². The zero-order valence-corrected chi connectivity index (χ0v) is 20.7. The van der Waals surface area contributed by atoms with Crippen LogP contribution in [0, 0.1) is 0 Å². The quantitative estimate of drug-likeness (QED) is 0.108. The summed E-state index contributed by atoms with van der Waals surface area (Å²) in [5, 5.41) is 23.8. The van der Waals surface area contributed by atoms with Gasteiger partial charge in [0.1, 0.15) is 0 Å². The van der Waals surface area contributed by atoms with E-state index in [0.29, 0.717) is 6.42 Å². The number of rotatable bonds is 19. The van der Waals surface area contributed by atoms with E-state index in [-0.39, 0.29) is 13.2 Å². The van der Waals surface area contributed by atoms with Crippen molar-refractivity contribution in [3.8, 4) is 0 Å². The van der Waals surface area contributed by atoms with E-state index in [9.17, 15) is 4.79 Å². The van der Waals surface area contributed by atoms with Crippen molar-refractivity contribution in [3.63, 3.8) is 0 Å². The first-order chi connectivity index (χ1) is 14.6. The number of hydrogen-bond acceptors (Lipinski definition) is 3. The van der Waals surface area contributed by atoms with E-state index in [4.69, 9.17) is 26.9 Å².